The molecule has 10 heteroatoms. The molecule has 174 valence electrons. The van der Waals surface area contributed by atoms with Gasteiger partial charge in [-0.1, -0.05) is 26.0 Å². The third-order valence-electron chi connectivity index (χ3n) is 5.28. The fraction of sp³-hybridized carbons (Fsp3) is 0.409. The topological polar surface area (TPSA) is 73.9 Å². The molecule has 0 aliphatic carbocycles. The van der Waals surface area contributed by atoms with Crippen molar-refractivity contribution in [1.29, 1.82) is 0 Å². The maximum Gasteiger partial charge on any atom is 0.243 e. The molecule has 1 saturated heterocycles. The van der Waals surface area contributed by atoms with Crippen LogP contribution in [0.4, 0.5) is 15.8 Å². The summed E-state index contributed by atoms with van der Waals surface area (Å²) < 4.78 is 46.1. The molecule has 0 amide bonds. The number of morpholine rings is 1. The molecule has 2 aromatic carbocycles. The zero-order valence-corrected chi connectivity index (χ0v) is 19.9. The van der Waals surface area contributed by atoms with E-state index in [2.05, 4.69) is 15.5 Å². The van der Waals surface area contributed by atoms with E-state index >= 15 is 0 Å². The Kier molecular flexibility index (Phi) is 8.41. The molecule has 2 N–H and O–H groups in total. The van der Waals surface area contributed by atoms with Crippen molar-refractivity contribution in [3.63, 3.8) is 0 Å². The number of hydrogen-bond acceptors (Lipinski definition) is 5. The van der Waals surface area contributed by atoms with Gasteiger partial charge in [0.25, 0.3) is 0 Å². The van der Waals surface area contributed by atoms with Gasteiger partial charge in [-0.25, -0.2) is 12.8 Å². The minimum atomic E-state index is -3.62. The Morgan fingerprint density at radius 2 is 1.78 bits per heavy atom. The van der Waals surface area contributed by atoms with Crippen LogP contribution in [0.1, 0.15) is 19.4 Å². The van der Waals surface area contributed by atoms with E-state index in [1.165, 1.54) is 16.4 Å². The first kappa shape index (κ1) is 24.4. The molecule has 32 heavy (non-hydrogen) atoms. The number of ether oxygens (including phenoxy) is 1. The molecule has 1 aliphatic heterocycles. The van der Waals surface area contributed by atoms with Crippen molar-refractivity contribution in [2.45, 2.75) is 25.3 Å². The predicted molar refractivity (Wildman–Crippen MR) is 129 cm³/mol. The van der Waals surface area contributed by atoms with Gasteiger partial charge in [-0.05, 0) is 48.1 Å². The number of anilines is 2. The van der Waals surface area contributed by atoms with Crippen molar-refractivity contribution in [3.8, 4) is 0 Å². The van der Waals surface area contributed by atoms with Crippen LogP contribution in [0.25, 0.3) is 0 Å². The van der Waals surface area contributed by atoms with Gasteiger partial charge in [0.15, 0.2) is 5.11 Å². The standard InChI is InChI=1S/C22H29FN4O3S2/c1-3-27(4-2)32(28,29)19-9-10-21(26-11-13-30-14-12-26)20(15-19)25-22(31)24-16-17-5-7-18(23)8-6-17/h5-10,15H,3-4,11-14,16H2,1-2H3,(H2,24,25,31). The molecule has 0 bridgehead atoms. The Morgan fingerprint density at radius 3 is 2.41 bits per heavy atom. The smallest absolute Gasteiger partial charge is 0.243 e. The van der Waals surface area contributed by atoms with Crippen LogP contribution in [0.5, 0.6) is 0 Å². The Labute approximate surface area is 194 Å². The van der Waals surface area contributed by atoms with Crippen molar-refractivity contribution in [1.82, 2.24) is 9.62 Å². The number of hydrogen-bond donors (Lipinski definition) is 2. The summed E-state index contributed by atoms with van der Waals surface area (Å²) in [5.74, 6) is -0.296. The van der Waals surface area contributed by atoms with Gasteiger partial charge in [0, 0.05) is 32.7 Å². The van der Waals surface area contributed by atoms with E-state index in [4.69, 9.17) is 17.0 Å². The van der Waals surface area contributed by atoms with Gasteiger partial charge in [0.2, 0.25) is 10.0 Å². The lowest BCUT2D eigenvalue weighted by Gasteiger charge is -2.31. The normalized spacial score (nSPS) is 14.4. The van der Waals surface area contributed by atoms with E-state index in [0.29, 0.717) is 56.7 Å². The second-order valence-electron chi connectivity index (χ2n) is 7.30. The summed E-state index contributed by atoms with van der Waals surface area (Å²) in [7, 11) is -3.62. The molecule has 1 aliphatic rings. The lowest BCUT2D eigenvalue weighted by molar-refractivity contribution is 0.123. The first-order chi connectivity index (χ1) is 15.3. The summed E-state index contributed by atoms with van der Waals surface area (Å²) in [6, 6.07) is 11.2. The fourth-order valence-corrected chi connectivity index (χ4v) is 5.19. The Morgan fingerprint density at radius 1 is 1.12 bits per heavy atom. The van der Waals surface area contributed by atoms with Crippen LogP contribution in [-0.2, 0) is 21.3 Å². The predicted octanol–water partition coefficient (Wildman–Crippen LogP) is 3.18. The number of nitrogens with zero attached hydrogens (tertiary/aromatic N) is 2. The maximum atomic E-state index is 13.1. The SMILES string of the molecule is CCN(CC)S(=O)(=O)c1ccc(N2CCOCC2)c(NC(=S)NCc2ccc(F)cc2)c1. The molecule has 0 atom stereocenters. The molecule has 1 heterocycles. The van der Waals surface area contributed by atoms with E-state index in [1.807, 2.05) is 19.9 Å². The van der Waals surface area contributed by atoms with Crippen LogP contribution in [0.2, 0.25) is 0 Å². The summed E-state index contributed by atoms with van der Waals surface area (Å²) in [4.78, 5) is 2.35. The van der Waals surface area contributed by atoms with Crippen LogP contribution in [0.3, 0.4) is 0 Å². The van der Waals surface area contributed by atoms with Gasteiger partial charge in [-0.3, -0.25) is 0 Å². The van der Waals surface area contributed by atoms with Crippen molar-refractivity contribution >= 4 is 38.7 Å². The van der Waals surface area contributed by atoms with E-state index < -0.39 is 10.0 Å². The summed E-state index contributed by atoms with van der Waals surface area (Å²) >= 11 is 5.46. The molecule has 2 aromatic rings. The van der Waals surface area contributed by atoms with E-state index in [-0.39, 0.29) is 10.7 Å². The summed E-state index contributed by atoms with van der Waals surface area (Å²) in [6.45, 7) is 7.44. The molecule has 0 spiro atoms. The fourth-order valence-electron chi connectivity index (χ4n) is 3.52. The zero-order chi connectivity index (χ0) is 23.1. The van der Waals surface area contributed by atoms with Gasteiger partial charge in [-0.2, -0.15) is 4.31 Å². The molecular formula is C22H29FN4O3S2. The Balaban J connectivity index is 1.84. The van der Waals surface area contributed by atoms with E-state index in [0.717, 1.165) is 11.3 Å². The van der Waals surface area contributed by atoms with Crippen molar-refractivity contribution in [3.05, 3.63) is 53.8 Å². The molecule has 0 radical (unpaired) electrons. The van der Waals surface area contributed by atoms with Gasteiger partial charge >= 0.3 is 0 Å². The number of halogens is 1. The highest BCUT2D eigenvalue weighted by molar-refractivity contribution is 7.89. The average molecular weight is 481 g/mol. The van der Waals surface area contributed by atoms with Gasteiger partial charge in [0.05, 0.1) is 29.5 Å². The van der Waals surface area contributed by atoms with Gasteiger partial charge < -0.3 is 20.3 Å². The average Bonchev–Trinajstić information content (AvgIpc) is 2.80. The lowest BCUT2D eigenvalue weighted by atomic mass is 10.2. The van der Waals surface area contributed by atoms with Crippen LogP contribution in [0.15, 0.2) is 47.4 Å². The number of benzene rings is 2. The molecule has 3 rings (SSSR count). The van der Waals surface area contributed by atoms with E-state index in [1.54, 1.807) is 24.3 Å². The third kappa shape index (κ3) is 5.94. The highest BCUT2D eigenvalue weighted by atomic mass is 32.2. The summed E-state index contributed by atoms with van der Waals surface area (Å²) in [5, 5.41) is 6.60. The van der Waals surface area contributed by atoms with Crippen molar-refractivity contribution < 1.29 is 17.5 Å². The van der Waals surface area contributed by atoms with Crippen LogP contribution >= 0.6 is 12.2 Å². The quantitative estimate of drug-likeness (QED) is 0.562. The Hall–Kier alpha value is -2.27. The summed E-state index contributed by atoms with van der Waals surface area (Å²) in [6.07, 6.45) is 0. The van der Waals surface area contributed by atoms with Crippen LogP contribution in [0, 0.1) is 5.82 Å². The number of rotatable bonds is 8. The second kappa shape index (κ2) is 11.0. The summed E-state index contributed by atoms with van der Waals surface area (Å²) in [5.41, 5.74) is 2.34. The van der Waals surface area contributed by atoms with Crippen LogP contribution < -0.4 is 15.5 Å². The van der Waals surface area contributed by atoms with Crippen molar-refractivity contribution in [2.75, 3.05) is 49.6 Å². The van der Waals surface area contributed by atoms with E-state index in [9.17, 15) is 12.8 Å². The Bertz CT molecular complexity index is 1020. The first-order valence-electron chi connectivity index (χ1n) is 10.6. The van der Waals surface area contributed by atoms with Crippen molar-refractivity contribution in [2.24, 2.45) is 0 Å². The molecule has 0 saturated carbocycles. The largest absolute Gasteiger partial charge is 0.378 e. The molecular weight excluding hydrogens is 451 g/mol. The third-order valence-corrected chi connectivity index (χ3v) is 7.57. The zero-order valence-electron chi connectivity index (χ0n) is 18.3. The first-order valence-corrected chi connectivity index (χ1v) is 12.5. The van der Waals surface area contributed by atoms with Gasteiger partial charge in [0.1, 0.15) is 5.82 Å². The minimum absolute atomic E-state index is 0.210. The molecule has 0 aromatic heterocycles. The lowest BCUT2D eigenvalue weighted by Crippen LogP contribution is -2.37. The number of sulfonamides is 1. The molecule has 7 nitrogen and oxygen atoms in total. The second-order valence-corrected chi connectivity index (χ2v) is 9.65. The molecule has 0 unspecified atom stereocenters. The number of nitrogens with one attached hydrogen (secondary N) is 2. The highest BCUT2D eigenvalue weighted by Crippen LogP contribution is 2.31. The van der Waals surface area contributed by atoms with Gasteiger partial charge in [-0.15, -0.1) is 0 Å². The monoisotopic (exact) mass is 480 g/mol. The maximum absolute atomic E-state index is 13.1. The number of thiocarbonyl (C=S) groups is 1. The minimum Gasteiger partial charge on any atom is -0.378 e. The molecule has 1 fully saturated rings. The van der Waals surface area contributed by atoms with Crippen LogP contribution in [-0.4, -0.2) is 57.2 Å². The highest BCUT2D eigenvalue weighted by Gasteiger charge is 2.24.